The average molecular weight is 332 g/mol. The molecule has 0 fully saturated rings. The Labute approximate surface area is 118 Å². The van der Waals surface area contributed by atoms with Crippen LogP contribution in [0, 0.1) is 0 Å². The number of hydrogen-bond donors (Lipinski definition) is 1. The van der Waals surface area contributed by atoms with Gasteiger partial charge >= 0.3 is 0 Å². The van der Waals surface area contributed by atoms with Crippen molar-refractivity contribution in [1.29, 1.82) is 0 Å². The van der Waals surface area contributed by atoms with Crippen LogP contribution >= 0.6 is 38.9 Å². The number of benzene rings is 1. The van der Waals surface area contributed by atoms with E-state index in [2.05, 4.69) is 15.9 Å². The molecule has 2 rings (SSSR count). The molecule has 0 aliphatic carbocycles. The highest BCUT2D eigenvalue weighted by atomic mass is 79.9. The molecule has 0 amide bonds. The first kappa shape index (κ1) is 13.1. The molecular weight excluding hydrogens is 320 g/mol. The largest absolute Gasteiger partial charge is 0.392 e. The summed E-state index contributed by atoms with van der Waals surface area (Å²) in [5, 5.41) is 9.99. The van der Waals surface area contributed by atoms with Gasteiger partial charge in [0.2, 0.25) is 0 Å². The maximum Gasteiger partial charge on any atom is 0.0931 e. The Balaban J connectivity index is 1.93. The van der Waals surface area contributed by atoms with Gasteiger partial charge in [0.05, 0.1) is 10.4 Å². The molecule has 17 heavy (non-hydrogen) atoms. The van der Waals surface area contributed by atoms with Crippen LogP contribution in [0.4, 0.5) is 0 Å². The SMILES string of the molecule is OC(Cc1ccc(Br)cc1)Cc1ccc(Cl)s1. The zero-order valence-corrected chi connectivity index (χ0v) is 12.2. The quantitative estimate of drug-likeness (QED) is 0.885. The Hall–Kier alpha value is -0.350. The van der Waals surface area contributed by atoms with Crippen LogP contribution in [0.5, 0.6) is 0 Å². The molecule has 2 aromatic rings. The predicted molar refractivity (Wildman–Crippen MR) is 76.9 cm³/mol. The van der Waals surface area contributed by atoms with Gasteiger partial charge in [-0.1, -0.05) is 39.7 Å². The van der Waals surface area contributed by atoms with E-state index in [4.69, 9.17) is 11.6 Å². The second kappa shape index (κ2) is 6.01. The summed E-state index contributed by atoms with van der Waals surface area (Å²) in [6, 6.07) is 11.9. The molecule has 0 spiro atoms. The third kappa shape index (κ3) is 4.11. The average Bonchev–Trinajstić information content (AvgIpc) is 2.67. The number of thiophene rings is 1. The highest BCUT2D eigenvalue weighted by molar-refractivity contribution is 9.10. The van der Waals surface area contributed by atoms with Crippen molar-refractivity contribution in [3.8, 4) is 0 Å². The van der Waals surface area contributed by atoms with Crippen molar-refractivity contribution in [3.63, 3.8) is 0 Å². The van der Waals surface area contributed by atoms with Crippen LogP contribution in [0.25, 0.3) is 0 Å². The van der Waals surface area contributed by atoms with Gasteiger partial charge in [0, 0.05) is 15.8 Å². The summed E-state index contributed by atoms with van der Waals surface area (Å²) in [4.78, 5) is 1.12. The molecule has 0 saturated heterocycles. The lowest BCUT2D eigenvalue weighted by Gasteiger charge is -2.09. The second-order valence-electron chi connectivity index (χ2n) is 3.89. The van der Waals surface area contributed by atoms with Crippen molar-refractivity contribution in [2.24, 2.45) is 0 Å². The van der Waals surface area contributed by atoms with E-state index in [1.807, 2.05) is 36.4 Å². The molecule has 0 saturated carbocycles. The summed E-state index contributed by atoms with van der Waals surface area (Å²) in [6.45, 7) is 0. The molecule has 0 radical (unpaired) electrons. The Morgan fingerprint density at radius 1 is 1.12 bits per heavy atom. The maximum absolute atomic E-state index is 9.99. The van der Waals surface area contributed by atoms with Crippen molar-refractivity contribution in [3.05, 3.63) is 55.6 Å². The molecule has 4 heteroatoms. The monoisotopic (exact) mass is 330 g/mol. The van der Waals surface area contributed by atoms with Gasteiger partial charge < -0.3 is 5.11 Å². The zero-order chi connectivity index (χ0) is 12.3. The van der Waals surface area contributed by atoms with Crippen LogP contribution in [-0.2, 0) is 12.8 Å². The molecule has 1 heterocycles. The summed E-state index contributed by atoms with van der Waals surface area (Å²) in [5.41, 5.74) is 1.14. The Morgan fingerprint density at radius 2 is 1.82 bits per heavy atom. The van der Waals surface area contributed by atoms with E-state index in [1.165, 1.54) is 11.3 Å². The lowest BCUT2D eigenvalue weighted by molar-refractivity contribution is 0.176. The van der Waals surface area contributed by atoms with Gasteiger partial charge in [-0.25, -0.2) is 0 Å². The number of hydrogen-bond acceptors (Lipinski definition) is 2. The fourth-order valence-electron chi connectivity index (χ4n) is 1.66. The lowest BCUT2D eigenvalue weighted by atomic mass is 10.1. The summed E-state index contributed by atoms with van der Waals surface area (Å²) < 4.78 is 1.83. The third-order valence-electron chi connectivity index (χ3n) is 2.45. The Bertz CT molecular complexity index is 480. The molecule has 1 aromatic carbocycles. The minimum atomic E-state index is -0.356. The van der Waals surface area contributed by atoms with E-state index in [1.54, 1.807) is 0 Å². The topological polar surface area (TPSA) is 20.2 Å². The molecule has 0 bridgehead atoms. The normalized spacial score (nSPS) is 12.6. The van der Waals surface area contributed by atoms with Crippen LogP contribution in [0.2, 0.25) is 4.34 Å². The van der Waals surface area contributed by atoms with Crippen molar-refractivity contribution in [1.82, 2.24) is 0 Å². The number of aliphatic hydroxyl groups is 1. The summed E-state index contributed by atoms with van der Waals surface area (Å²) in [7, 11) is 0. The van der Waals surface area contributed by atoms with Crippen LogP contribution in [-0.4, -0.2) is 11.2 Å². The fraction of sp³-hybridized carbons (Fsp3) is 0.231. The van der Waals surface area contributed by atoms with Gasteiger partial charge in [-0.3, -0.25) is 0 Å². The van der Waals surface area contributed by atoms with Crippen LogP contribution in [0.1, 0.15) is 10.4 Å². The molecule has 90 valence electrons. The van der Waals surface area contributed by atoms with Gasteiger partial charge in [-0.2, -0.15) is 0 Å². The molecule has 1 nitrogen and oxygen atoms in total. The van der Waals surface area contributed by atoms with Gasteiger partial charge in [-0.15, -0.1) is 11.3 Å². The third-order valence-corrected chi connectivity index (χ3v) is 4.23. The van der Waals surface area contributed by atoms with E-state index in [-0.39, 0.29) is 6.10 Å². The van der Waals surface area contributed by atoms with E-state index < -0.39 is 0 Å². The van der Waals surface area contributed by atoms with Crippen molar-refractivity contribution < 1.29 is 5.11 Å². The van der Waals surface area contributed by atoms with Crippen molar-refractivity contribution >= 4 is 38.9 Å². The van der Waals surface area contributed by atoms with E-state index >= 15 is 0 Å². The van der Waals surface area contributed by atoms with Crippen LogP contribution in [0.3, 0.4) is 0 Å². The smallest absolute Gasteiger partial charge is 0.0931 e. The first-order valence-electron chi connectivity index (χ1n) is 5.30. The first-order chi connectivity index (χ1) is 8.13. The van der Waals surface area contributed by atoms with Gasteiger partial charge in [0.15, 0.2) is 0 Å². The molecular formula is C13H12BrClOS. The summed E-state index contributed by atoms with van der Waals surface area (Å²) in [6.07, 6.45) is 0.974. The molecule has 1 atom stereocenters. The predicted octanol–water partition coefficient (Wildman–Crippen LogP) is 4.31. The van der Waals surface area contributed by atoms with Crippen molar-refractivity contribution in [2.75, 3.05) is 0 Å². The molecule has 1 aromatic heterocycles. The van der Waals surface area contributed by atoms with Gasteiger partial charge in [-0.05, 0) is 36.2 Å². The molecule has 0 aliphatic heterocycles. The fourth-order valence-corrected chi connectivity index (χ4v) is 3.08. The van der Waals surface area contributed by atoms with E-state index in [9.17, 15) is 5.11 Å². The Morgan fingerprint density at radius 3 is 2.41 bits per heavy atom. The molecule has 1 N–H and O–H groups in total. The summed E-state index contributed by atoms with van der Waals surface area (Å²) in [5.74, 6) is 0. The molecule has 1 unspecified atom stereocenters. The van der Waals surface area contributed by atoms with Crippen LogP contribution in [0.15, 0.2) is 40.9 Å². The summed E-state index contributed by atoms with van der Waals surface area (Å²) >= 11 is 10.8. The zero-order valence-electron chi connectivity index (χ0n) is 9.07. The maximum atomic E-state index is 9.99. The lowest BCUT2D eigenvalue weighted by Crippen LogP contribution is -2.12. The number of aliphatic hydroxyl groups excluding tert-OH is 1. The van der Waals surface area contributed by atoms with E-state index in [0.717, 1.165) is 19.2 Å². The van der Waals surface area contributed by atoms with Crippen LogP contribution < -0.4 is 0 Å². The number of rotatable bonds is 4. The molecule has 0 aliphatic rings. The minimum absolute atomic E-state index is 0.356. The minimum Gasteiger partial charge on any atom is -0.392 e. The van der Waals surface area contributed by atoms with Gasteiger partial charge in [0.1, 0.15) is 0 Å². The second-order valence-corrected chi connectivity index (χ2v) is 6.61. The van der Waals surface area contributed by atoms with Crippen molar-refractivity contribution in [2.45, 2.75) is 18.9 Å². The number of halogens is 2. The Kier molecular flexibility index (Phi) is 4.62. The highest BCUT2D eigenvalue weighted by Gasteiger charge is 2.08. The van der Waals surface area contributed by atoms with Gasteiger partial charge in [0.25, 0.3) is 0 Å². The first-order valence-corrected chi connectivity index (χ1v) is 7.29. The standard InChI is InChI=1S/C13H12BrClOS/c14-10-3-1-9(2-4-10)7-11(16)8-12-5-6-13(15)17-12/h1-6,11,16H,7-8H2. The van der Waals surface area contributed by atoms with E-state index in [0.29, 0.717) is 12.8 Å². The highest BCUT2D eigenvalue weighted by Crippen LogP contribution is 2.23.